The molecule has 4 aromatic rings. The summed E-state index contributed by atoms with van der Waals surface area (Å²) in [6.45, 7) is 5.78. The van der Waals surface area contributed by atoms with Crippen LogP contribution in [0.3, 0.4) is 0 Å². The molecule has 0 bridgehead atoms. The zero-order chi connectivity index (χ0) is 23.6. The van der Waals surface area contributed by atoms with Gasteiger partial charge in [-0.3, -0.25) is 9.36 Å². The molecule has 0 aliphatic carbocycles. The van der Waals surface area contributed by atoms with Crippen molar-refractivity contribution in [3.63, 3.8) is 0 Å². The molecule has 1 amide bonds. The molecule has 6 nitrogen and oxygen atoms in total. The third-order valence-corrected chi connectivity index (χ3v) is 7.02. The maximum Gasteiger partial charge on any atom is 0.240 e. The highest BCUT2D eigenvalue weighted by molar-refractivity contribution is 7.92. The van der Waals surface area contributed by atoms with E-state index in [0.717, 1.165) is 22.3 Å². The van der Waals surface area contributed by atoms with Crippen molar-refractivity contribution < 1.29 is 13.2 Å². The van der Waals surface area contributed by atoms with Gasteiger partial charge in [0.05, 0.1) is 5.69 Å². The van der Waals surface area contributed by atoms with Crippen LogP contribution in [0.2, 0.25) is 0 Å². The van der Waals surface area contributed by atoms with E-state index in [-0.39, 0.29) is 5.16 Å². The number of benzene rings is 3. The number of aryl methyl sites for hydroxylation is 2. The van der Waals surface area contributed by atoms with Crippen molar-refractivity contribution in [2.45, 2.75) is 25.9 Å². The number of amides is 1. The van der Waals surface area contributed by atoms with Gasteiger partial charge in [0.2, 0.25) is 20.9 Å². The number of nitrogens with one attached hydrogen (secondary N) is 1. The summed E-state index contributed by atoms with van der Waals surface area (Å²) in [5, 5.41) is 2.56. The molecule has 7 heteroatoms. The lowest BCUT2D eigenvalue weighted by Gasteiger charge is -2.11. The molecular weight excluding hydrogens is 434 g/mol. The van der Waals surface area contributed by atoms with Gasteiger partial charge < -0.3 is 5.32 Å². The Hall–Kier alpha value is -3.71. The highest BCUT2D eigenvalue weighted by Gasteiger charge is 2.27. The second-order valence-electron chi connectivity index (χ2n) is 8.04. The van der Waals surface area contributed by atoms with Crippen LogP contribution < -0.4 is 5.32 Å². The van der Waals surface area contributed by atoms with E-state index in [1.54, 1.807) is 12.3 Å². The normalized spacial score (nSPS) is 11.4. The Bertz CT molecular complexity index is 1410. The molecule has 0 aliphatic rings. The smallest absolute Gasteiger partial charge is 0.240 e. The maximum absolute atomic E-state index is 13.3. The molecule has 0 saturated carbocycles. The molecule has 168 valence electrons. The number of hydrogen-bond donors (Lipinski definition) is 1. The topological polar surface area (TPSA) is 81.1 Å². The van der Waals surface area contributed by atoms with E-state index in [2.05, 4.69) is 10.3 Å². The summed E-state index contributed by atoms with van der Waals surface area (Å²) in [5.74, 6) is -1.32. The second kappa shape index (κ2) is 9.03. The van der Waals surface area contributed by atoms with Gasteiger partial charge >= 0.3 is 0 Å². The van der Waals surface area contributed by atoms with Crippen LogP contribution in [-0.2, 0) is 14.6 Å². The number of aromatic nitrogens is 2. The van der Waals surface area contributed by atoms with Crippen LogP contribution >= 0.6 is 0 Å². The molecule has 0 unspecified atom stereocenters. The summed E-state index contributed by atoms with van der Waals surface area (Å²) in [4.78, 5) is 17.1. The van der Waals surface area contributed by atoms with Crippen molar-refractivity contribution in [3.05, 3.63) is 95.7 Å². The van der Waals surface area contributed by atoms with Crippen molar-refractivity contribution in [2.24, 2.45) is 0 Å². The van der Waals surface area contributed by atoms with Gasteiger partial charge in [0.15, 0.2) is 0 Å². The van der Waals surface area contributed by atoms with Crippen molar-refractivity contribution in [3.8, 4) is 16.9 Å². The van der Waals surface area contributed by atoms with Crippen LogP contribution in [0.4, 0.5) is 5.69 Å². The van der Waals surface area contributed by atoms with Crippen LogP contribution in [0, 0.1) is 20.8 Å². The molecule has 3 aromatic carbocycles. The number of anilines is 1. The van der Waals surface area contributed by atoms with Crippen LogP contribution in [0.15, 0.2) is 84.1 Å². The Labute approximate surface area is 193 Å². The van der Waals surface area contributed by atoms with E-state index in [1.807, 2.05) is 87.5 Å². The van der Waals surface area contributed by atoms with Gasteiger partial charge in [-0.1, -0.05) is 60.2 Å². The molecule has 1 aromatic heterocycles. The number of rotatable bonds is 6. The van der Waals surface area contributed by atoms with Gasteiger partial charge in [0.25, 0.3) is 0 Å². The van der Waals surface area contributed by atoms with Gasteiger partial charge in [-0.15, -0.1) is 0 Å². The Kier molecular flexibility index (Phi) is 6.16. The molecule has 0 aliphatic heterocycles. The Morgan fingerprint density at radius 1 is 0.909 bits per heavy atom. The number of carbonyl (C=O) groups is 1. The second-order valence-corrected chi connectivity index (χ2v) is 9.92. The highest BCUT2D eigenvalue weighted by Crippen LogP contribution is 2.25. The first-order valence-electron chi connectivity index (χ1n) is 10.6. The minimum atomic E-state index is -4.04. The summed E-state index contributed by atoms with van der Waals surface area (Å²) in [7, 11) is -4.04. The van der Waals surface area contributed by atoms with Crippen molar-refractivity contribution in [1.82, 2.24) is 9.55 Å². The summed E-state index contributed by atoms with van der Waals surface area (Å²) in [5.41, 5.74) is 5.53. The molecule has 0 fully saturated rings. The monoisotopic (exact) mass is 459 g/mol. The molecule has 1 heterocycles. The van der Waals surface area contributed by atoms with E-state index in [4.69, 9.17) is 0 Å². The number of hydrogen-bond acceptors (Lipinski definition) is 4. The first-order chi connectivity index (χ1) is 15.7. The van der Waals surface area contributed by atoms with Gasteiger partial charge in [0.1, 0.15) is 5.75 Å². The molecule has 4 rings (SSSR count). The fraction of sp³-hybridized carbons (Fsp3) is 0.154. The highest BCUT2D eigenvalue weighted by atomic mass is 32.2. The number of imidazole rings is 1. The molecule has 0 saturated heterocycles. The van der Waals surface area contributed by atoms with E-state index >= 15 is 0 Å². The fourth-order valence-electron chi connectivity index (χ4n) is 3.53. The van der Waals surface area contributed by atoms with Crippen molar-refractivity contribution in [1.29, 1.82) is 0 Å². The fourth-order valence-corrected chi connectivity index (χ4v) is 4.77. The van der Waals surface area contributed by atoms with E-state index < -0.39 is 21.5 Å². The maximum atomic E-state index is 13.3. The van der Waals surface area contributed by atoms with Gasteiger partial charge in [-0.05, 0) is 50.1 Å². The van der Waals surface area contributed by atoms with E-state index in [9.17, 15) is 13.2 Å². The van der Waals surface area contributed by atoms with Crippen LogP contribution in [-0.4, -0.2) is 29.6 Å². The van der Waals surface area contributed by atoms with Gasteiger partial charge in [0, 0.05) is 23.1 Å². The third kappa shape index (κ3) is 4.88. The lowest BCUT2D eigenvalue weighted by atomic mass is 10.1. The van der Waals surface area contributed by atoms with E-state index in [0.29, 0.717) is 17.1 Å². The molecule has 0 atom stereocenters. The first kappa shape index (κ1) is 22.5. The predicted molar refractivity (Wildman–Crippen MR) is 130 cm³/mol. The van der Waals surface area contributed by atoms with Crippen molar-refractivity contribution >= 4 is 21.4 Å². The molecule has 33 heavy (non-hydrogen) atoms. The van der Waals surface area contributed by atoms with Crippen LogP contribution in [0.5, 0.6) is 0 Å². The predicted octanol–water partition coefficient (Wildman–Crippen LogP) is 4.88. The largest absolute Gasteiger partial charge is 0.325 e. The van der Waals surface area contributed by atoms with Gasteiger partial charge in [-0.25, -0.2) is 13.4 Å². The summed E-state index contributed by atoms with van der Waals surface area (Å²) in [6.07, 6.45) is 1.69. The Morgan fingerprint density at radius 2 is 1.61 bits per heavy atom. The van der Waals surface area contributed by atoms with Crippen molar-refractivity contribution in [2.75, 3.05) is 11.1 Å². The third-order valence-electron chi connectivity index (χ3n) is 5.53. The Balaban J connectivity index is 1.71. The average Bonchev–Trinajstić information content (AvgIpc) is 3.24. The Morgan fingerprint density at radius 3 is 2.30 bits per heavy atom. The number of carbonyl (C=O) groups excluding carboxylic acids is 1. The van der Waals surface area contributed by atoms with Crippen LogP contribution in [0.1, 0.15) is 16.7 Å². The molecule has 0 radical (unpaired) electrons. The number of sulfone groups is 1. The quantitative estimate of drug-likeness (QED) is 0.446. The zero-order valence-electron chi connectivity index (χ0n) is 18.7. The summed E-state index contributed by atoms with van der Waals surface area (Å²) >= 11 is 0. The molecule has 1 N–H and O–H groups in total. The zero-order valence-corrected chi connectivity index (χ0v) is 19.6. The SMILES string of the molecule is Cc1ccc(-n2cc(-c3ccccc3)nc2S(=O)(=O)CC(=O)Nc2cccc(C)c2C)cc1. The van der Waals surface area contributed by atoms with E-state index in [1.165, 1.54) is 4.57 Å². The minimum Gasteiger partial charge on any atom is -0.325 e. The summed E-state index contributed by atoms with van der Waals surface area (Å²) in [6, 6.07) is 22.3. The minimum absolute atomic E-state index is 0.165. The lowest BCUT2D eigenvalue weighted by molar-refractivity contribution is -0.113. The first-order valence-corrected chi connectivity index (χ1v) is 12.2. The average molecular weight is 460 g/mol. The van der Waals surface area contributed by atoms with Crippen LogP contribution in [0.25, 0.3) is 16.9 Å². The standard InChI is InChI=1S/C26H25N3O3S/c1-18-12-14-22(15-13-18)29-16-24(21-9-5-4-6-10-21)28-26(29)33(31,32)17-25(30)27-23-11-7-8-19(2)20(23)3/h4-16H,17H2,1-3H3,(H,27,30). The lowest BCUT2D eigenvalue weighted by Crippen LogP contribution is -2.25. The molecule has 0 spiro atoms. The molecular formula is C26H25N3O3S. The summed E-state index contributed by atoms with van der Waals surface area (Å²) < 4.78 is 28.2. The van der Waals surface area contributed by atoms with Gasteiger partial charge in [-0.2, -0.15) is 0 Å². The number of nitrogens with zero attached hydrogens (tertiary/aromatic N) is 2.